The number of nitrogen functional groups attached to an aromatic ring is 1. The zero-order valence-electron chi connectivity index (χ0n) is 9.08. The monoisotopic (exact) mass is 251 g/mol. The molecule has 0 amide bonds. The van der Waals surface area contributed by atoms with Crippen LogP contribution in [0.3, 0.4) is 0 Å². The number of ketones is 1. The maximum Gasteiger partial charge on any atom is 0.198 e. The van der Waals surface area contributed by atoms with E-state index in [4.69, 9.17) is 5.73 Å². The molecule has 0 atom stereocenters. The molecule has 2 rings (SSSR count). The van der Waals surface area contributed by atoms with Crippen molar-refractivity contribution in [3.63, 3.8) is 0 Å². The number of halogens is 3. The molecule has 0 saturated heterocycles. The fourth-order valence-electron chi connectivity index (χ4n) is 1.54. The van der Waals surface area contributed by atoms with Crippen LogP contribution in [0.25, 0.3) is 0 Å². The van der Waals surface area contributed by atoms with Gasteiger partial charge in [-0.2, -0.15) is 0 Å². The molecule has 92 valence electrons. The van der Waals surface area contributed by atoms with Gasteiger partial charge in [0.25, 0.3) is 0 Å². The minimum Gasteiger partial charge on any atom is -0.398 e. The quantitative estimate of drug-likeness (QED) is 0.658. The summed E-state index contributed by atoms with van der Waals surface area (Å²) in [6, 6.07) is 5.64. The van der Waals surface area contributed by atoms with Crippen LogP contribution in [0.15, 0.2) is 36.4 Å². The van der Waals surface area contributed by atoms with Crippen LogP contribution < -0.4 is 5.73 Å². The Balaban J connectivity index is 2.54. The summed E-state index contributed by atoms with van der Waals surface area (Å²) in [4.78, 5) is 11.9. The van der Waals surface area contributed by atoms with Crippen molar-refractivity contribution in [1.82, 2.24) is 0 Å². The summed E-state index contributed by atoms with van der Waals surface area (Å²) in [6.45, 7) is 0. The Hall–Kier alpha value is -2.30. The number of anilines is 1. The average Bonchev–Trinajstić information content (AvgIpc) is 2.34. The van der Waals surface area contributed by atoms with Gasteiger partial charge in [0.05, 0.1) is 5.56 Å². The first-order valence-electron chi connectivity index (χ1n) is 5.04. The predicted octanol–water partition coefficient (Wildman–Crippen LogP) is 2.92. The van der Waals surface area contributed by atoms with E-state index in [-0.39, 0.29) is 11.3 Å². The van der Waals surface area contributed by atoms with Crippen LogP contribution in [0, 0.1) is 17.5 Å². The van der Waals surface area contributed by atoms with Crippen LogP contribution in [0.4, 0.5) is 18.9 Å². The van der Waals surface area contributed by atoms with Gasteiger partial charge in [0.1, 0.15) is 17.5 Å². The fraction of sp³-hybridized carbons (Fsp3) is 0. The molecule has 0 aromatic heterocycles. The summed E-state index contributed by atoms with van der Waals surface area (Å²) in [5, 5.41) is 0. The van der Waals surface area contributed by atoms with Crippen LogP contribution in [0.5, 0.6) is 0 Å². The molecule has 0 spiro atoms. The van der Waals surface area contributed by atoms with E-state index in [9.17, 15) is 18.0 Å². The maximum atomic E-state index is 13.4. The second kappa shape index (κ2) is 4.52. The third-order valence-corrected chi connectivity index (χ3v) is 2.43. The smallest absolute Gasteiger partial charge is 0.198 e. The normalized spacial score (nSPS) is 10.4. The Bertz CT molecular complexity index is 572. The predicted molar refractivity (Wildman–Crippen MR) is 60.6 cm³/mol. The second-order valence-electron chi connectivity index (χ2n) is 3.68. The highest BCUT2D eigenvalue weighted by atomic mass is 19.1. The number of hydrogen-bond donors (Lipinski definition) is 1. The van der Waals surface area contributed by atoms with Gasteiger partial charge in [0.2, 0.25) is 0 Å². The lowest BCUT2D eigenvalue weighted by Crippen LogP contribution is -2.08. The molecule has 2 N–H and O–H groups in total. The molecule has 0 radical (unpaired) electrons. The van der Waals surface area contributed by atoms with Crippen molar-refractivity contribution in [2.45, 2.75) is 0 Å². The highest BCUT2D eigenvalue weighted by Gasteiger charge is 2.17. The molecule has 0 aliphatic carbocycles. The van der Waals surface area contributed by atoms with Crippen molar-refractivity contribution in [2.24, 2.45) is 0 Å². The molecule has 0 fully saturated rings. The Labute approximate surface area is 101 Å². The summed E-state index contributed by atoms with van der Waals surface area (Å²) in [5.74, 6) is -3.17. The SMILES string of the molecule is Nc1ccc(F)cc1C(=O)c1cc(F)ccc1F. The van der Waals surface area contributed by atoms with Gasteiger partial charge < -0.3 is 5.73 Å². The minimum atomic E-state index is -0.884. The highest BCUT2D eigenvalue weighted by molar-refractivity contribution is 6.12. The Morgan fingerprint density at radius 3 is 2.11 bits per heavy atom. The van der Waals surface area contributed by atoms with Gasteiger partial charge in [0, 0.05) is 11.3 Å². The van der Waals surface area contributed by atoms with E-state index in [0.717, 1.165) is 30.3 Å². The molecule has 0 aliphatic heterocycles. The van der Waals surface area contributed by atoms with Gasteiger partial charge in [0.15, 0.2) is 5.78 Å². The van der Waals surface area contributed by atoms with Crippen molar-refractivity contribution < 1.29 is 18.0 Å². The van der Waals surface area contributed by atoms with E-state index in [1.807, 2.05) is 0 Å². The van der Waals surface area contributed by atoms with Crippen molar-refractivity contribution in [1.29, 1.82) is 0 Å². The van der Waals surface area contributed by atoms with E-state index < -0.39 is 28.8 Å². The largest absolute Gasteiger partial charge is 0.398 e. The summed E-state index contributed by atoms with van der Waals surface area (Å²) < 4.78 is 39.4. The van der Waals surface area contributed by atoms with Gasteiger partial charge in [-0.25, -0.2) is 13.2 Å². The maximum absolute atomic E-state index is 13.4. The van der Waals surface area contributed by atoms with Gasteiger partial charge in [-0.05, 0) is 36.4 Å². The van der Waals surface area contributed by atoms with Crippen LogP contribution in [-0.4, -0.2) is 5.78 Å². The van der Waals surface area contributed by atoms with Crippen LogP contribution in [0.2, 0.25) is 0 Å². The number of hydrogen-bond acceptors (Lipinski definition) is 2. The lowest BCUT2D eigenvalue weighted by atomic mass is 10.0. The second-order valence-corrected chi connectivity index (χ2v) is 3.68. The van der Waals surface area contributed by atoms with Crippen molar-refractivity contribution in [2.75, 3.05) is 5.73 Å². The van der Waals surface area contributed by atoms with Gasteiger partial charge in [-0.1, -0.05) is 0 Å². The number of benzene rings is 2. The number of carbonyl (C=O) groups is 1. The molecule has 2 aromatic carbocycles. The Morgan fingerprint density at radius 1 is 0.889 bits per heavy atom. The molecule has 0 saturated carbocycles. The topological polar surface area (TPSA) is 43.1 Å². The molecule has 2 nitrogen and oxygen atoms in total. The Kier molecular flexibility index (Phi) is 3.06. The van der Waals surface area contributed by atoms with Crippen LogP contribution in [-0.2, 0) is 0 Å². The van der Waals surface area contributed by atoms with Crippen molar-refractivity contribution in [3.05, 3.63) is 65.0 Å². The van der Waals surface area contributed by atoms with Crippen molar-refractivity contribution >= 4 is 11.5 Å². The van der Waals surface area contributed by atoms with Gasteiger partial charge >= 0.3 is 0 Å². The highest BCUT2D eigenvalue weighted by Crippen LogP contribution is 2.20. The third kappa shape index (κ3) is 2.20. The lowest BCUT2D eigenvalue weighted by Gasteiger charge is -2.06. The standard InChI is InChI=1S/C13H8F3NO/c14-7-1-3-11(16)9(5-7)13(18)10-6-8(15)2-4-12(10)17/h1-6H,17H2. The Morgan fingerprint density at radius 2 is 1.44 bits per heavy atom. The number of nitrogens with two attached hydrogens (primary N) is 1. The van der Waals surface area contributed by atoms with Gasteiger partial charge in [-0.15, -0.1) is 0 Å². The van der Waals surface area contributed by atoms with Crippen molar-refractivity contribution in [3.8, 4) is 0 Å². The number of rotatable bonds is 2. The molecule has 0 unspecified atom stereocenters. The fourth-order valence-corrected chi connectivity index (χ4v) is 1.54. The van der Waals surface area contributed by atoms with Crippen LogP contribution in [0.1, 0.15) is 15.9 Å². The first-order valence-corrected chi connectivity index (χ1v) is 5.04. The molecular weight excluding hydrogens is 243 g/mol. The lowest BCUT2D eigenvalue weighted by molar-refractivity contribution is 0.103. The first kappa shape index (κ1) is 12.2. The third-order valence-electron chi connectivity index (χ3n) is 2.43. The molecular formula is C13H8F3NO. The molecule has 0 heterocycles. The van der Waals surface area contributed by atoms with E-state index in [1.165, 1.54) is 6.07 Å². The van der Waals surface area contributed by atoms with E-state index >= 15 is 0 Å². The molecule has 18 heavy (non-hydrogen) atoms. The summed E-state index contributed by atoms with van der Waals surface area (Å²) in [6.07, 6.45) is 0. The minimum absolute atomic E-state index is 0.00469. The zero-order chi connectivity index (χ0) is 13.3. The molecule has 0 aliphatic rings. The molecule has 0 bridgehead atoms. The number of carbonyl (C=O) groups excluding carboxylic acids is 1. The summed E-state index contributed by atoms with van der Waals surface area (Å²) in [5.41, 5.74) is 4.84. The van der Waals surface area contributed by atoms with E-state index in [2.05, 4.69) is 0 Å². The van der Waals surface area contributed by atoms with E-state index in [1.54, 1.807) is 0 Å². The van der Waals surface area contributed by atoms with Crippen LogP contribution >= 0.6 is 0 Å². The molecule has 2 aromatic rings. The summed E-state index contributed by atoms with van der Waals surface area (Å²) >= 11 is 0. The summed E-state index contributed by atoms with van der Waals surface area (Å²) in [7, 11) is 0. The average molecular weight is 251 g/mol. The first-order chi connectivity index (χ1) is 8.49. The van der Waals surface area contributed by atoms with Gasteiger partial charge in [-0.3, -0.25) is 4.79 Å². The molecule has 5 heteroatoms. The zero-order valence-corrected chi connectivity index (χ0v) is 9.08. The van der Waals surface area contributed by atoms with E-state index in [0.29, 0.717) is 0 Å².